The molecule has 11 heteroatoms. The molecule has 0 spiro atoms. The number of rotatable bonds is 24. The number of phenols is 1. The number of benzene rings is 5. The zero-order valence-corrected chi connectivity index (χ0v) is 43.9. The van der Waals surface area contributed by atoms with Crippen molar-refractivity contribution >= 4 is 45.2 Å². The van der Waals surface area contributed by atoms with Gasteiger partial charge in [0.25, 0.3) is 0 Å². The summed E-state index contributed by atoms with van der Waals surface area (Å²) in [5.41, 5.74) is 6.48. The van der Waals surface area contributed by atoms with Crippen LogP contribution in [0.2, 0.25) is 76.6 Å². The maximum Gasteiger partial charge on any atom is 0.343 e. The molecule has 0 fully saturated rings. The van der Waals surface area contributed by atoms with Gasteiger partial charge in [-0.1, -0.05) is 109 Å². The van der Waals surface area contributed by atoms with Crippen LogP contribution >= 0.6 is 0 Å². The maximum absolute atomic E-state index is 13.4. The summed E-state index contributed by atoms with van der Waals surface area (Å²) >= 11 is 0. The van der Waals surface area contributed by atoms with E-state index in [1.807, 2.05) is 66.7 Å². The fourth-order valence-electron chi connectivity index (χ4n) is 8.81. The largest absolute Gasteiger partial charge is 0.508 e. The van der Waals surface area contributed by atoms with Gasteiger partial charge in [-0.3, -0.25) is 0 Å². The van der Waals surface area contributed by atoms with E-state index in [0.29, 0.717) is 28.4 Å². The number of esters is 2. The standard InChI is InChI=1S/C53H72O7Si4.4CH4/c1-42-22-10-11-23-43(42)27-18-38-61(2,3)59-63(6,7)40-20-29-45-25-13-16-32-50(45)57-52(55)47-34-36-48(37-35-47)53(56)58-51-33-17-14-26-46(51)30-21-41-64(8,9)60-62(4,5)39-19-28-44-24-12-15-31-49(44)54;;;;/h10-17,22-26,31-37,54H,18-21,27-30,38-41H2,1-9H3;4*1H4. The number of para-hydroxylation sites is 3. The van der Waals surface area contributed by atoms with Gasteiger partial charge in [0.1, 0.15) is 17.2 Å². The molecular formula is C57H88O7Si4. The number of carbonyl (C=O) groups excluding carboxylic acids is 2. The Labute approximate surface area is 417 Å². The average molecular weight is 998 g/mol. The Balaban J connectivity index is 0.00000578. The van der Waals surface area contributed by atoms with Crippen LogP contribution in [0.3, 0.4) is 0 Å². The van der Waals surface area contributed by atoms with Crippen molar-refractivity contribution in [3.63, 3.8) is 0 Å². The molecule has 1 N–H and O–H groups in total. The minimum Gasteiger partial charge on any atom is -0.508 e. The minimum absolute atomic E-state index is 0. The van der Waals surface area contributed by atoms with E-state index in [9.17, 15) is 14.7 Å². The van der Waals surface area contributed by atoms with Crippen LogP contribution in [0.25, 0.3) is 0 Å². The lowest BCUT2D eigenvalue weighted by Gasteiger charge is -2.34. The molecule has 0 heterocycles. The predicted molar refractivity (Wildman–Crippen MR) is 300 cm³/mol. The highest BCUT2D eigenvalue weighted by atomic mass is 28.4. The second kappa shape index (κ2) is 28.3. The van der Waals surface area contributed by atoms with Crippen molar-refractivity contribution < 1.29 is 32.4 Å². The van der Waals surface area contributed by atoms with Gasteiger partial charge in [-0.05, 0) is 205 Å². The molecule has 374 valence electrons. The number of ether oxygens (including phenoxy) is 2. The number of hydrogen-bond donors (Lipinski definition) is 1. The zero-order chi connectivity index (χ0) is 46.4. The molecule has 0 unspecified atom stereocenters. The summed E-state index contributed by atoms with van der Waals surface area (Å²) < 4.78 is 25.7. The second-order valence-electron chi connectivity index (χ2n) is 19.8. The van der Waals surface area contributed by atoms with Crippen LogP contribution in [-0.4, -0.2) is 50.3 Å². The first-order valence-corrected chi connectivity index (χ1v) is 35.7. The topological polar surface area (TPSA) is 91.3 Å². The number of aromatic hydroxyl groups is 1. The van der Waals surface area contributed by atoms with Gasteiger partial charge in [0.15, 0.2) is 33.3 Å². The number of hydrogen-bond acceptors (Lipinski definition) is 7. The molecule has 5 aromatic rings. The molecular weight excluding hydrogens is 909 g/mol. The molecule has 0 saturated carbocycles. The molecule has 0 aliphatic rings. The van der Waals surface area contributed by atoms with Crippen LogP contribution < -0.4 is 9.47 Å². The van der Waals surface area contributed by atoms with Gasteiger partial charge in [-0.2, -0.15) is 0 Å². The van der Waals surface area contributed by atoms with E-state index >= 15 is 0 Å². The lowest BCUT2D eigenvalue weighted by Crippen LogP contribution is -2.44. The molecule has 0 radical (unpaired) electrons. The van der Waals surface area contributed by atoms with Crippen molar-refractivity contribution in [2.45, 2.75) is 165 Å². The van der Waals surface area contributed by atoms with Crippen molar-refractivity contribution in [3.8, 4) is 17.2 Å². The van der Waals surface area contributed by atoms with Crippen LogP contribution in [0.5, 0.6) is 17.2 Å². The van der Waals surface area contributed by atoms with Gasteiger partial charge in [0.05, 0.1) is 11.1 Å². The highest BCUT2D eigenvalue weighted by Gasteiger charge is 2.34. The number of carbonyl (C=O) groups is 2. The highest BCUT2D eigenvalue weighted by molar-refractivity contribution is 6.85. The van der Waals surface area contributed by atoms with Crippen molar-refractivity contribution in [3.05, 3.63) is 160 Å². The molecule has 0 amide bonds. The third-order valence-corrected chi connectivity index (χ3v) is 27.0. The molecule has 0 aliphatic heterocycles. The summed E-state index contributed by atoms with van der Waals surface area (Å²) in [4.78, 5) is 26.7. The van der Waals surface area contributed by atoms with Crippen LogP contribution in [0, 0.1) is 6.92 Å². The molecule has 5 rings (SSSR count). The Hall–Kier alpha value is -4.37. The third-order valence-electron chi connectivity index (χ3n) is 12.0. The van der Waals surface area contributed by atoms with Crippen LogP contribution in [0.4, 0.5) is 0 Å². The van der Waals surface area contributed by atoms with Gasteiger partial charge >= 0.3 is 11.9 Å². The molecule has 68 heavy (non-hydrogen) atoms. The average Bonchev–Trinajstić information content (AvgIpc) is 3.22. The summed E-state index contributed by atoms with van der Waals surface area (Å²) in [6.45, 7) is 20.8. The molecule has 0 aromatic heterocycles. The number of phenolic OH excluding ortho intramolecular Hbond substituents is 1. The van der Waals surface area contributed by atoms with Gasteiger partial charge in [0, 0.05) is 0 Å². The normalized spacial score (nSPS) is 11.5. The van der Waals surface area contributed by atoms with E-state index in [2.05, 4.69) is 83.6 Å². The Morgan fingerprint density at radius 2 is 0.706 bits per heavy atom. The number of aryl methyl sites for hydroxylation is 5. The molecule has 0 aliphatic carbocycles. The second-order valence-corrected chi connectivity index (χ2v) is 37.5. The minimum atomic E-state index is -1.95. The van der Waals surface area contributed by atoms with E-state index in [1.165, 1.54) is 11.1 Å². The van der Waals surface area contributed by atoms with E-state index < -0.39 is 45.2 Å². The van der Waals surface area contributed by atoms with Crippen LogP contribution in [-0.2, 0) is 33.9 Å². The molecule has 5 aromatic carbocycles. The molecule has 0 saturated heterocycles. The van der Waals surface area contributed by atoms with Gasteiger partial charge in [-0.15, -0.1) is 0 Å². The maximum atomic E-state index is 13.4. The summed E-state index contributed by atoms with van der Waals surface area (Å²) in [7, 11) is -7.55. The van der Waals surface area contributed by atoms with E-state index in [-0.39, 0.29) is 29.7 Å². The fourth-order valence-corrected chi connectivity index (χ4v) is 26.5. The zero-order valence-electron chi connectivity index (χ0n) is 39.9. The molecule has 7 nitrogen and oxygen atoms in total. The Morgan fingerprint density at radius 3 is 1.07 bits per heavy atom. The lowest BCUT2D eigenvalue weighted by atomic mass is 10.1. The predicted octanol–water partition coefficient (Wildman–Crippen LogP) is 16.7. The SMILES string of the molecule is C.C.C.C.Cc1ccccc1CCC[Si](C)(C)O[Si](C)(C)CCCc1ccccc1OC(=O)c1ccc(C(=O)Oc2ccccc2CCC[Si](C)(C)O[Si](C)(C)CCCc2ccccc2O)cc1. The summed E-state index contributed by atoms with van der Waals surface area (Å²) in [6.07, 6.45) is 7.55. The molecule has 0 bridgehead atoms. The van der Waals surface area contributed by atoms with E-state index in [0.717, 1.165) is 92.2 Å². The smallest absolute Gasteiger partial charge is 0.343 e. The third kappa shape index (κ3) is 20.3. The van der Waals surface area contributed by atoms with E-state index in [1.54, 1.807) is 30.3 Å². The van der Waals surface area contributed by atoms with Crippen molar-refractivity contribution in [2.75, 3.05) is 0 Å². The van der Waals surface area contributed by atoms with Gasteiger partial charge in [0.2, 0.25) is 0 Å². The Bertz CT molecular complexity index is 2130. The lowest BCUT2D eigenvalue weighted by molar-refractivity contribution is 0.0719. The summed E-state index contributed by atoms with van der Waals surface area (Å²) in [6, 6.07) is 42.4. The first-order chi connectivity index (χ1) is 30.3. The Kier molecular flexibility index (Phi) is 25.7. The van der Waals surface area contributed by atoms with Crippen molar-refractivity contribution in [2.24, 2.45) is 0 Å². The van der Waals surface area contributed by atoms with Gasteiger partial charge < -0.3 is 22.8 Å². The van der Waals surface area contributed by atoms with Gasteiger partial charge in [-0.25, -0.2) is 9.59 Å². The van der Waals surface area contributed by atoms with Crippen molar-refractivity contribution in [1.29, 1.82) is 0 Å². The first-order valence-electron chi connectivity index (χ1n) is 23.2. The highest BCUT2D eigenvalue weighted by Crippen LogP contribution is 2.30. The summed E-state index contributed by atoms with van der Waals surface area (Å²) in [5.74, 6) is 0.526. The summed E-state index contributed by atoms with van der Waals surface area (Å²) in [5, 5.41) is 10.1. The van der Waals surface area contributed by atoms with Crippen LogP contribution in [0.1, 0.15) is 104 Å². The first kappa shape index (κ1) is 61.6. The Morgan fingerprint density at radius 1 is 0.412 bits per heavy atom. The monoisotopic (exact) mass is 997 g/mol. The van der Waals surface area contributed by atoms with E-state index in [4.69, 9.17) is 17.7 Å². The van der Waals surface area contributed by atoms with Crippen molar-refractivity contribution in [1.82, 2.24) is 0 Å². The fraction of sp³-hybridized carbons (Fsp3) is 0.439. The quantitative estimate of drug-likeness (QED) is 0.0374. The van der Waals surface area contributed by atoms with Crippen LogP contribution in [0.15, 0.2) is 121 Å². The molecule has 0 atom stereocenters.